The van der Waals surface area contributed by atoms with Crippen molar-refractivity contribution in [2.45, 2.75) is 267 Å². The van der Waals surface area contributed by atoms with E-state index in [9.17, 15) is 45.6 Å². The molecule has 2 heterocycles. The minimum atomic E-state index is -1.78. The third-order valence-corrected chi connectivity index (χ3v) is 12.5. The SMILES string of the molecule is CCCCCCCCCCCCCCCCCCCCCCCCCC/C=C/C(O)C(COC1OC(CO)C(OC2OC(CO)C(O)C(O)C2O)C(O)C1O)NC(=O)CCCC. The molecule has 0 aliphatic carbocycles. The molecule has 1 amide bonds. The van der Waals surface area contributed by atoms with Crippen molar-refractivity contribution in [3.05, 3.63) is 12.2 Å². The summed E-state index contributed by atoms with van der Waals surface area (Å²) in [5, 5.41) is 85.9. The van der Waals surface area contributed by atoms with Gasteiger partial charge in [-0.2, -0.15) is 0 Å². The standard InChI is InChI=1S/C48H91NO13/c1-3-5-7-8-9-10-11-12-13-14-15-16-17-18-19-20-21-22-23-24-25-26-27-28-29-30-31-37(52)36(49-40(53)32-6-4-2)35-59-47-45(58)43(56)46(39(34-51)61-47)62-48-44(57)42(55)41(54)38(33-50)60-48/h30-31,36-39,41-48,50-52,54-58H,3-29,32-35H2,1-2H3,(H,49,53)/b31-30+. The molecule has 12 atom stereocenters. The molecule has 0 aromatic rings. The highest BCUT2D eigenvalue weighted by molar-refractivity contribution is 5.76. The molecule has 12 unspecified atom stereocenters. The van der Waals surface area contributed by atoms with Crippen LogP contribution in [0.2, 0.25) is 0 Å². The molecule has 366 valence electrons. The number of carbonyl (C=O) groups is 1. The lowest BCUT2D eigenvalue weighted by atomic mass is 9.97. The first-order valence-electron chi connectivity index (χ1n) is 24.9. The molecule has 0 aromatic carbocycles. The van der Waals surface area contributed by atoms with Crippen LogP contribution in [-0.2, 0) is 23.7 Å². The first kappa shape index (κ1) is 56.9. The van der Waals surface area contributed by atoms with Gasteiger partial charge in [-0.15, -0.1) is 0 Å². The van der Waals surface area contributed by atoms with E-state index in [2.05, 4.69) is 12.2 Å². The van der Waals surface area contributed by atoms with Crippen molar-refractivity contribution in [1.82, 2.24) is 5.32 Å². The summed E-state index contributed by atoms with van der Waals surface area (Å²) in [5.74, 6) is -0.274. The molecule has 0 saturated carbocycles. The van der Waals surface area contributed by atoms with E-state index in [1.54, 1.807) is 6.08 Å². The van der Waals surface area contributed by atoms with Crippen molar-refractivity contribution in [3.63, 3.8) is 0 Å². The number of aliphatic hydroxyl groups is 8. The lowest BCUT2D eigenvalue weighted by Crippen LogP contribution is -2.65. The second kappa shape index (κ2) is 35.9. The Morgan fingerprint density at radius 3 is 1.47 bits per heavy atom. The van der Waals surface area contributed by atoms with Crippen LogP contribution in [0.1, 0.15) is 194 Å². The van der Waals surface area contributed by atoms with Crippen LogP contribution in [0.15, 0.2) is 12.2 Å². The van der Waals surface area contributed by atoms with Crippen LogP contribution >= 0.6 is 0 Å². The number of allylic oxidation sites excluding steroid dienone is 1. The van der Waals surface area contributed by atoms with Gasteiger partial charge >= 0.3 is 0 Å². The van der Waals surface area contributed by atoms with Crippen molar-refractivity contribution in [3.8, 4) is 0 Å². The zero-order valence-corrected chi connectivity index (χ0v) is 38.6. The van der Waals surface area contributed by atoms with E-state index in [1.807, 2.05) is 13.0 Å². The molecule has 14 heteroatoms. The lowest BCUT2D eigenvalue weighted by molar-refractivity contribution is -0.359. The first-order chi connectivity index (χ1) is 30.1. The summed E-state index contributed by atoms with van der Waals surface area (Å²) in [6.45, 7) is 2.53. The van der Waals surface area contributed by atoms with Gasteiger partial charge in [-0.25, -0.2) is 0 Å². The molecule has 0 radical (unpaired) electrons. The number of carbonyl (C=O) groups excluding carboxylic acids is 1. The topological polar surface area (TPSA) is 228 Å². The Labute approximate surface area is 374 Å². The van der Waals surface area contributed by atoms with Gasteiger partial charge in [-0.05, 0) is 19.3 Å². The van der Waals surface area contributed by atoms with Crippen LogP contribution in [0.4, 0.5) is 0 Å². The maximum absolute atomic E-state index is 12.7. The number of aliphatic hydroxyl groups excluding tert-OH is 8. The molecule has 0 spiro atoms. The highest BCUT2D eigenvalue weighted by atomic mass is 16.7. The first-order valence-corrected chi connectivity index (χ1v) is 24.9. The molecule has 0 bridgehead atoms. The summed E-state index contributed by atoms with van der Waals surface area (Å²) in [4.78, 5) is 12.7. The molecule has 2 aliphatic heterocycles. The van der Waals surface area contributed by atoms with Crippen LogP contribution in [-0.4, -0.2) is 140 Å². The van der Waals surface area contributed by atoms with Gasteiger partial charge in [0.15, 0.2) is 12.6 Å². The molecule has 2 saturated heterocycles. The summed E-state index contributed by atoms with van der Waals surface area (Å²) < 4.78 is 22.5. The van der Waals surface area contributed by atoms with E-state index in [4.69, 9.17) is 18.9 Å². The van der Waals surface area contributed by atoms with Crippen molar-refractivity contribution >= 4 is 5.91 Å². The second-order valence-electron chi connectivity index (χ2n) is 18.0. The van der Waals surface area contributed by atoms with Gasteiger partial charge in [-0.1, -0.05) is 180 Å². The lowest BCUT2D eigenvalue weighted by Gasteiger charge is -2.46. The minimum absolute atomic E-state index is 0.258. The highest BCUT2D eigenvalue weighted by Gasteiger charge is 2.51. The average molecular weight is 890 g/mol. The van der Waals surface area contributed by atoms with E-state index in [-0.39, 0.29) is 18.9 Å². The highest BCUT2D eigenvalue weighted by Crippen LogP contribution is 2.30. The summed E-state index contributed by atoms with van der Waals surface area (Å²) in [5.41, 5.74) is 0. The Morgan fingerprint density at radius 1 is 0.565 bits per heavy atom. The normalized spacial score (nSPS) is 27.8. The van der Waals surface area contributed by atoms with Gasteiger partial charge in [0.1, 0.15) is 48.8 Å². The van der Waals surface area contributed by atoms with Crippen molar-refractivity contribution in [2.75, 3.05) is 19.8 Å². The fourth-order valence-corrected chi connectivity index (χ4v) is 8.33. The molecule has 9 N–H and O–H groups in total. The third kappa shape index (κ3) is 23.3. The molecule has 0 aromatic heterocycles. The fourth-order valence-electron chi connectivity index (χ4n) is 8.33. The predicted octanol–water partition coefficient (Wildman–Crippen LogP) is 5.99. The Morgan fingerprint density at radius 2 is 1.00 bits per heavy atom. The summed E-state index contributed by atoms with van der Waals surface area (Å²) in [6.07, 6.45) is 21.3. The Kier molecular flexibility index (Phi) is 32.9. The van der Waals surface area contributed by atoms with E-state index in [1.165, 1.54) is 141 Å². The Hall–Kier alpha value is -1.27. The quantitative estimate of drug-likeness (QED) is 0.0257. The molecule has 2 rings (SSSR count). The van der Waals surface area contributed by atoms with Crippen molar-refractivity contribution in [1.29, 1.82) is 0 Å². The summed E-state index contributed by atoms with van der Waals surface area (Å²) in [7, 11) is 0. The molecule has 14 nitrogen and oxygen atoms in total. The largest absolute Gasteiger partial charge is 0.394 e. The number of unbranched alkanes of at least 4 members (excludes halogenated alkanes) is 25. The zero-order valence-electron chi connectivity index (χ0n) is 38.6. The van der Waals surface area contributed by atoms with Crippen LogP contribution in [0, 0.1) is 0 Å². The van der Waals surface area contributed by atoms with E-state index >= 15 is 0 Å². The van der Waals surface area contributed by atoms with Gasteiger partial charge in [0.05, 0.1) is 32.0 Å². The molecule has 2 aliphatic rings. The number of hydrogen-bond donors (Lipinski definition) is 9. The van der Waals surface area contributed by atoms with E-state index in [0.29, 0.717) is 6.42 Å². The third-order valence-electron chi connectivity index (χ3n) is 12.5. The number of ether oxygens (including phenoxy) is 4. The maximum atomic E-state index is 12.7. The molecular weight excluding hydrogens is 799 g/mol. The molecule has 62 heavy (non-hydrogen) atoms. The second-order valence-corrected chi connectivity index (χ2v) is 18.0. The fraction of sp³-hybridized carbons (Fsp3) is 0.938. The monoisotopic (exact) mass is 890 g/mol. The number of rotatable bonds is 38. The smallest absolute Gasteiger partial charge is 0.220 e. The van der Waals surface area contributed by atoms with Crippen LogP contribution < -0.4 is 5.32 Å². The maximum Gasteiger partial charge on any atom is 0.220 e. The van der Waals surface area contributed by atoms with Crippen LogP contribution in [0.3, 0.4) is 0 Å². The average Bonchev–Trinajstić information content (AvgIpc) is 3.27. The van der Waals surface area contributed by atoms with Crippen LogP contribution in [0.25, 0.3) is 0 Å². The van der Waals surface area contributed by atoms with Gasteiger partial charge in [-0.3, -0.25) is 4.79 Å². The summed E-state index contributed by atoms with van der Waals surface area (Å²) >= 11 is 0. The predicted molar refractivity (Wildman–Crippen MR) is 240 cm³/mol. The molecule has 2 fully saturated rings. The molecular formula is C48H91NO13. The number of nitrogens with one attached hydrogen (secondary N) is 1. The zero-order chi connectivity index (χ0) is 45.4. The Balaban J connectivity index is 1.62. The van der Waals surface area contributed by atoms with Crippen molar-refractivity contribution < 1.29 is 64.6 Å². The van der Waals surface area contributed by atoms with E-state index < -0.39 is 86.8 Å². The van der Waals surface area contributed by atoms with Gasteiger partial charge in [0.2, 0.25) is 5.91 Å². The van der Waals surface area contributed by atoms with Gasteiger partial charge in [0, 0.05) is 6.42 Å². The van der Waals surface area contributed by atoms with Crippen LogP contribution in [0.5, 0.6) is 0 Å². The van der Waals surface area contributed by atoms with Gasteiger partial charge in [0.25, 0.3) is 0 Å². The number of amides is 1. The Bertz CT molecular complexity index is 1100. The van der Waals surface area contributed by atoms with E-state index in [0.717, 1.165) is 25.7 Å². The number of hydrogen-bond acceptors (Lipinski definition) is 13. The van der Waals surface area contributed by atoms with Crippen molar-refractivity contribution in [2.24, 2.45) is 0 Å². The van der Waals surface area contributed by atoms with Gasteiger partial charge < -0.3 is 65.1 Å². The summed E-state index contributed by atoms with van der Waals surface area (Å²) in [6, 6.07) is -0.904. The minimum Gasteiger partial charge on any atom is -0.394 e.